The predicted molar refractivity (Wildman–Crippen MR) is 111 cm³/mol. The van der Waals surface area contributed by atoms with E-state index in [-0.39, 0.29) is 5.78 Å². The third-order valence-electron chi connectivity index (χ3n) is 6.10. The molecule has 0 unspecified atom stereocenters. The highest BCUT2D eigenvalue weighted by Crippen LogP contribution is 2.31. The highest BCUT2D eigenvalue weighted by molar-refractivity contribution is 6.10. The minimum atomic E-state index is -4.34. The predicted octanol–water partition coefficient (Wildman–Crippen LogP) is 3.09. The first-order valence-corrected chi connectivity index (χ1v) is 10.1. The van der Waals surface area contributed by atoms with Crippen molar-refractivity contribution in [1.29, 1.82) is 0 Å². The Hall–Kier alpha value is -2.80. The minimum Gasteiger partial charge on any atom is -0.360 e. The molecule has 0 bridgehead atoms. The summed E-state index contributed by atoms with van der Waals surface area (Å²) in [6.45, 7) is 5.04. The molecule has 1 N–H and O–H groups in total. The van der Waals surface area contributed by atoms with Gasteiger partial charge in [0.1, 0.15) is 6.54 Å². The third-order valence-corrected chi connectivity index (χ3v) is 6.10. The summed E-state index contributed by atoms with van der Waals surface area (Å²) in [4.78, 5) is 16.2. The number of benzene rings is 2. The first kappa shape index (κ1) is 20.5. The molecule has 0 amide bonds. The number of fused-ring (bicyclic) bond motifs is 1. The zero-order valence-electron chi connectivity index (χ0n) is 17.1. The Kier molecular flexibility index (Phi) is 5.32. The highest BCUT2D eigenvalue weighted by Gasteiger charge is 2.31. The lowest BCUT2D eigenvalue weighted by Gasteiger charge is -2.33. The molecule has 1 fully saturated rings. The molecule has 0 atom stereocenters. The molecule has 0 radical (unpaired) electrons. The van der Waals surface area contributed by atoms with Gasteiger partial charge in [-0.25, -0.2) is 0 Å². The number of quaternary nitrogens is 1. The molecule has 0 saturated carbocycles. The number of halogens is 3. The number of para-hydroxylation sites is 1. The zero-order valence-corrected chi connectivity index (χ0v) is 17.1. The second-order valence-electron chi connectivity index (χ2n) is 7.92. The molecule has 3 aromatic rings. The van der Waals surface area contributed by atoms with E-state index in [1.165, 1.54) is 12.1 Å². The summed E-state index contributed by atoms with van der Waals surface area (Å²) in [5.41, 5.74) is 2.74. The molecule has 0 aliphatic carbocycles. The first-order valence-electron chi connectivity index (χ1n) is 10.1. The molecule has 30 heavy (non-hydrogen) atoms. The summed E-state index contributed by atoms with van der Waals surface area (Å²) in [5.74, 6) is 0.117. The molecule has 0 spiro atoms. The maximum Gasteiger partial charge on any atom is 0.416 e. The molecule has 2 aromatic carbocycles. The first-order chi connectivity index (χ1) is 14.3. The summed E-state index contributed by atoms with van der Waals surface area (Å²) >= 11 is 0. The van der Waals surface area contributed by atoms with Crippen LogP contribution >= 0.6 is 0 Å². The van der Waals surface area contributed by atoms with Gasteiger partial charge in [0.15, 0.2) is 0 Å². The summed E-state index contributed by atoms with van der Waals surface area (Å²) < 4.78 is 41.0. The summed E-state index contributed by atoms with van der Waals surface area (Å²) in [7, 11) is 1.97. The van der Waals surface area contributed by atoms with E-state index in [0.29, 0.717) is 38.4 Å². The molecule has 1 saturated heterocycles. The number of carbonyl (C=O) groups excluding carboxylic acids is 1. The maximum atomic E-state index is 13.1. The van der Waals surface area contributed by atoms with Crippen molar-refractivity contribution in [2.45, 2.75) is 13.1 Å². The lowest BCUT2D eigenvalue weighted by atomic mass is 10.1. The van der Waals surface area contributed by atoms with Crippen LogP contribution in [0.25, 0.3) is 10.9 Å². The van der Waals surface area contributed by atoms with Crippen LogP contribution in [0.4, 0.5) is 18.9 Å². The molecule has 1 aliphatic heterocycles. The van der Waals surface area contributed by atoms with Gasteiger partial charge in [-0.2, -0.15) is 13.2 Å². The van der Waals surface area contributed by atoms with Crippen LogP contribution in [0, 0.1) is 6.92 Å². The fourth-order valence-electron chi connectivity index (χ4n) is 4.33. The third kappa shape index (κ3) is 3.81. The number of anilines is 1. The number of ketones is 1. The molecule has 2 heterocycles. The van der Waals surface area contributed by atoms with E-state index in [4.69, 9.17) is 0 Å². The number of nitrogens with one attached hydrogen (secondary N) is 1. The number of hydrogen-bond donors (Lipinski definition) is 1. The van der Waals surface area contributed by atoms with Crippen molar-refractivity contribution in [3.63, 3.8) is 0 Å². The Morgan fingerprint density at radius 1 is 1.07 bits per heavy atom. The van der Waals surface area contributed by atoms with Gasteiger partial charge in [0.05, 0.1) is 37.3 Å². The number of rotatable bonds is 4. The van der Waals surface area contributed by atoms with Crippen molar-refractivity contribution >= 4 is 22.4 Å². The normalized spacial score (nSPS) is 15.7. The van der Waals surface area contributed by atoms with Gasteiger partial charge in [0, 0.05) is 29.3 Å². The molecule has 4 rings (SSSR count). The Balaban J connectivity index is 1.44. The number of carbonyl (C=O) groups is 1. The fraction of sp³-hybridized carbons (Fsp3) is 0.348. The van der Waals surface area contributed by atoms with E-state index < -0.39 is 11.7 Å². The smallest absolute Gasteiger partial charge is 0.360 e. The van der Waals surface area contributed by atoms with Crippen molar-refractivity contribution in [2.24, 2.45) is 7.05 Å². The summed E-state index contributed by atoms with van der Waals surface area (Å²) in [6, 6.07) is 13.4. The topological polar surface area (TPSA) is 29.7 Å². The van der Waals surface area contributed by atoms with Crippen LogP contribution in [0.2, 0.25) is 0 Å². The number of Topliss-reactive ketones (excluding diaryl/α,β-unsaturated/α-hetero) is 1. The largest absolute Gasteiger partial charge is 0.416 e. The van der Waals surface area contributed by atoms with Gasteiger partial charge < -0.3 is 14.4 Å². The SMILES string of the molecule is Cc1c(C(=O)C[NH+]2CCN(c3cccc(C(F)(F)F)c3)CC2)c2ccccc2n1C. The molecule has 1 aromatic heterocycles. The number of alkyl halides is 3. The number of piperazine rings is 1. The number of hydrogen-bond acceptors (Lipinski definition) is 2. The van der Waals surface area contributed by atoms with Crippen LogP contribution in [0.15, 0.2) is 48.5 Å². The fourth-order valence-corrected chi connectivity index (χ4v) is 4.33. The Labute approximate surface area is 173 Å². The molecule has 1 aliphatic rings. The zero-order chi connectivity index (χ0) is 21.5. The highest BCUT2D eigenvalue weighted by atomic mass is 19.4. The van der Waals surface area contributed by atoms with E-state index in [1.807, 2.05) is 47.7 Å². The van der Waals surface area contributed by atoms with Crippen molar-refractivity contribution in [2.75, 3.05) is 37.6 Å². The van der Waals surface area contributed by atoms with Crippen molar-refractivity contribution in [3.8, 4) is 0 Å². The van der Waals surface area contributed by atoms with E-state index in [9.17, 15) is 18.0 Å². The second kappa shape index (κ2) is 7.80. The van der Waals surface area contributed by atoms with Crippen molar-refractivity contribution in [3.05, 3.63) is 65.4 Å². The Bertz CT molecular complexity index is 1080. The van der Waals surface area contributed by atoms with Crippen LogP contribution in [0.5, 0.6) is 0 Å². The van der Waals surface area contributed by atoms with Crippen LogP contribution in [0.3, 0.4) is 0 Å². The van der Waals surface area contributed by atoms with Gasteiger partial charge in [-0.3, -0.25) is 4.79 Å². The van der Waals surface area contributed by atoms with E-state index >= 15 is 0 Å². The lowest BCUT2D eigenvalue weighted by Crippen LogP contribution is -3.15. The lowest BCUT2D eigenvalue weighted by molar-refractivity contribution is -0.892. The van der Waals surface area contributed by atoms with Gasteiger partial charge in [-0.15, -0.1) is 0 Å². The van der Waals surface area contributed by atoms with Crippen LogP contribution < -0.4 is 9.80 Å². The van der Waals surface area contributed by atoms with Crippen molar-refractivity contribution in [1.82, 2.24) is 4.57 Å². The summed E-state index contributed by atoms with van der Waals surface area (Å²) in [5, 5.41) is 0.976. The van der Waals surface area contributed by atoms with E-state index in [0.717, 1.165) is 33.1 Å². The molecular weight excluding hydrogens is 391 g/mol. The van der Waals surface area contributed by atoms with Gasteiger partial charge >= 0.3 is 6.18 Å². The average molecular weight is 416 g/mol. The van der Waals surface area contributed by atoms with Gasteiger partial charge in [-0.1, -0.05) is 24.3 Å². The molecule has 4 nitrogen and oxygen atoms in total. The van der Waals surface area contributed by atoms with Crippen LogP contribution in [-0.2, 0) is 13.2 Å². The maximum absolute atomic E-state index is 13.1. The average Bonchev–Trinajstić information content (AvgIpc) is 2.99. The quantitative estimate of drug-likeness (QED) is 0.663. The van der Waals surface area contributed by atoms with Crippen LogP contribution in [-0.4, -0.2) is 43.1 Å². The number of aryl methyl sites for hydroxylation is 1. The Morgan fingerprint density at radius 2 is 1.77 bits per heavy atom. The monoisotopic (exact) mass is 416 g/mol. The van der Waals surface area contributed by atoms with Gasteiger partial charge in [0.25, 0.3) is 0 Å². The Morgan fingerprint density at radius 3 is 2.47 bits per heavy atom. The van der Waals surface area contributed by atoms with Crippen molar-refractivity contribution < 1.29 is 22.9 Å². The van der Waals surface area contributed by atoms with Gasteiger partial charge in [-0.05, 0) is 31.2 Å². The standard InChI is InChI=1S/C23H24F3N3O/c1-16-22(19-8-3-4-9-20(19)27(16)2)21(30)15-28-10-12-29(13-11-28)18-7-5-6-17(14-18)23(24,25)26/h3-9,14H,10-13,15H2,1-2H3/p+1. The van der Waals surface area contributed by atoms with E-state index in [1.54, 1.807) is 6.07 Å². The van der Waals surface area contributed by atoms with Crippen LogP contribution in [0.1, 0.15) is 21.6 Å². The molecule has 7 heteroatoms. The van der Waals surface area contributed by atoms with Gasteiger partial charge in [0.2, 0.25) is 5.78 Å². The second-order valence-corrected chi connectivity index (χ2v) is 7.92. The minimum absolute atomic E-state index is 0.117. The summed E-state index contributed by atoms with van der Waals surface area (Å²) in [6.07, 6.45) is -4.34. The number of aromatic nitrogens is 1. The van der Waals surface area contributed by atoms with E-state index in [2.05, 4.69) is 0 Å². The number of nitrogens with zero attached hydrogens (tertiary/aromatic N) is 2. The molecule has 158 valence electrons. The molecular formula is C23H25F3N3O+.